The summed E-state index contributed by atoms with van der Waals surface area (Å²) in [6, 6.07) is -0.314. The molecule has 1 saturated heterocycles. The van der Waals surface area contributed by atoms with Crippen molar-refractivity contribution in [1.29, 1.82) is 0 Å². The van der Waals surface area contributed by atoms with Crippen molar-refractivity contribution in [3.05, 3.63) is 11.4 Å². The van der Waals surface area contributed by atoms with Crippen molar-refractivity contribution in [2.75, 3.05) is 0 Å². The number of carboxylic acids is 1. The van der Waals surface area contributed by atoms with Crippen molar-refractivity contribution in [3.63, 3.8) is 0 Å². The van der Waals surface area contributed by atoms with Crippen molar-refractivity contribution in [2.24, 2.45) is 11.7 Å². The molecule has 0 aromatic carbocycles. The third-order valence-electron chi connectivity index (χ3n) is 2.96. The van der Waals surface area contributed by atoms with Crippen LogP contribution in [0.1, 0.15) is 13.3 Å². The predicted molar refractivity (Wildman–Crippen MR) is 46.6 cm³/mol. The van der Waals surface area contributed by atoms with Gasteiger partial charge in [-0.2, -0.15) is 0 Å². The predicted octanol–water partition coefficient (Wildman–Crippen LogP) is -5.48. The van der Waals surface area contributed by atoms with Gasteiger partial charge in [-0.1, -0.05) is 0 Å². The summed E-state index contributed by atoms with van der Waals surface area (Å²) in [5.41, 5.74) is 5.42. The Morgan fingerprint density at radius 2 is 2.25 bits per heavy atom. The number of aliphatic hydroxyl groups is 1. The molecule has 82 valence electrons. The minimum atomic E-state index is -1.44. The van der Waals surface area contributed by atoms with E-state index < -0.39 is 23.9 Å². The zero-order chi connectivity index (χ0) is 11.3. The molecule has 7 heteroatoms. The molecule has 0 aromatic rings. The molecular weight excluding hydrogens is 223 g/mol. The first kappa shape index (κ1) is 13.5. The van der Waals surface area contributed by atoms with Crippen molar-refractivity contribution in [1.82, 2.24) is 4.90 Å². The first-order valence-corrected chi connectivity index (χ1v) is 4.66. The van der Waals surface area contributed by atoms with Crippen LogP contribution in [0.3, 0.4) is 0 Å². The summed E-state index contributed by atoms with van der Waals surface area (Å²) in [7, 11) is 0. The van der Waals surface area contributed by atoms with Crippen LogP contribution in [0, 0.1) is 5.92 Å². The fraction of sp³-hybridized carbons (Fsp3) is 0.556. The van der Waals surface area contributed by atoms with E-state index in [1.165, 1.54) is 6.92 Å². The quantitative estimate of drug-likeness (QED) is 0.366. The average molecular weight is 234 g/mol. The molecule has 3 atom stereocenters. The fourth-order valence-electron chi connectivity index (χ4n) is 2.30. The topological polar surface area (TPSA) is 107 Å². The van der Waals surface area contributed by atoms with Gasteiger partial charge in [0.1, 0.15) is 0 Å². The fourth-order valence-corrected chi connectivity index (χ4v) is 2.30. The van der Waals surface area contributed by atoms with Gasteiger partial charge >= 0.3 is 29.6 Å². The molecule has 16 heavy (non-hydrogen) atoms. The van der Waals surface area contributed by atoms with Crippen LogP contribution in [0.4, 0.5) is 0 Å². The first-order valence-electron chi connectivity index (χ1n) is 4.66. The van der Waals surface area contributed by atoms with E-state index in [-0.39, 0.29) is 47.0 Å². The number of nitrogens with zero attached hydrogens (tertiary/aromatic N) is 1. The summed E-state index contributed by atoms with van der Waals surface area (Å²) in [6.45, 7) is 1.51. The standard InChI is InChI=1S/C9H12N2O4.Na/c1-3(12)6-5-2-4(10)7(9(14)15)11(5)8(6)13;/h3,5-6,12H,2,10H2,1H3,(H,14,15);/q;+1/p-1/t3-,5-,6-;/m1./s1. The SMILES string of the molecule is C[C@@H](O)[C@H]1C(=O)N2C(C(=O)[O-])=C(N)C[C@H]12.[Na+]. The van der Waals surface area contributed by atoms with E-state index in [1.54, 1.807) is 0 Å². The Balaban J connectivity index is 0.00000128. The Bertz CT molecular complexity index is 380. The summed E-state index contributed by atoms with van der Waals surface area (Å²) >= 11 is 0. The van der Waals surface area contributed by atoms with E-state index in [0.717, 1.165) is 4.90 Å². The maximum absolute atomic E-state index is 11.5. The Hall–Kier alpha value is -0.560. The van der Waals surface area contributed by atoms with Gasteiger partial charge in [-0.15, -0.1) is 0 Å². The van der Waals surface area contributed by atoms with Crippen LogP contribution in [-0.2, 0) is 9.59 Å². The van der Waals surface area contributed by atoms with E-state index in [2.05, 4.69) is 0 Å². The molecule has 2 heterocycles. The smallest absolute Gasteiger partial charge is 0.543 e. The molecule has 1 amide bonds. The number of β-lactam (4-membered cyclic amide) rings is 1. The molecule has 0 bridgehead atoms. The van der Waals surface area contributed by atoms with Crippen molar-refractivity contribution < 1.29 is 49.4 Å². The largest absolute Gasteiger partial charge is 1.00 e. The van der Waals surface area contributed by atoms with Gasteiger partial charge in [0.05, 0.1) is 29.7 Å². The number of hydrogen-bond donors (Lipinski definition) is 2. The van der Waals surface area contributed by atoms with E-state index in [0.29, 0.717) is 6.42 Å². The molecule has 0 aliphatic carbocycles. The third-order valence-corrected chi connectivity index (χ3v) is 2.96. The zero-order valence-electron chi connectivity index (χ0n) is 9.14. The van der Waals surface area contributed by atoms with Crippen LogP contribution >= 0.6 is 0 Å². The van der Waals surface area contributed by atoms with Crippen LogP contribution in [-0.4, -0.2) is 34.0 Å². The van der Waals surface area contributed by atoms with Crippen LogP contribution in [0.15, 0.2) is 11.4 Å². The van der Waals surface area contributed by atoms with E-state index in [4.69, 9.17) is 5.73 Å². The molecule has 0 unspecified atom stereocenters. The number of nitrogens with two attached hydrogens (primary N) is 1. The summed E-state index contributed by atoms with van der Waals surface area (Å²) < 4.78 is 0. The second-order valence-corrected chi connectivity index (χ2v) is 3.91. The van der Waals surface area contributed by atoms with E-state index in [9.17, 15) is 19.8 Å². The number of carbonyl (C=O) groups is 2. The Morgan fingerprint density at radius 1 is 1.69 bits per heavy atom. The summed E-state index contributed by atoms with van der Waals surface area (Å²) in [5, 5.41) is 20.0. The second-order valence-electron chi connectivity index (χ2n) is 3.91. The molecule has 2 aliphatic heterocycles. The van der Waals surface area contributed by atoms with Gasteiger partial charge in [0.25, 0.3) is 0 Å². The van der Waals surface area contributed by atoms with E-state index in [1.807, 2.05) is 0 Å². The average Bonchev–Trinajstić information content (AvgIpc) is 2.38. The molecule has 6 nitrogen and oxygen atoms in total. The Morgan fingerprint density at radius 3 is 2.69 bits per heavy atom. The van der Waals surface area contributed by atoms with Crippen LogP contribution in [0.2, 0.25) is 0 Å². The first-order chi connectivity index (χ1) is 6.95. The molecule has 0 spiro atoms. The maximum atomic E-state index is 11.5. The third kappa shape index (κ3) is 1.66. The minimum Gasteiger partial charge on any atom is -0.543 e. The molecule has 1 fully saturated rings. The molecule has 0 radical (unpaired) electrons. The Labute approximate surface area is 114 Å². The van der Waals surface area contributed by atoms with Gasteiger partial charge in [0, 0.05) is 12.1 Å². The molecule has 0 aromatic heterocycles. The van der Waals surface area contributed by atoms with Gasteiger partial charge in [-0.3, -0.25) is 4.79 Å². The number of hydrogen-bond acceptors (Lipinski definition) is 5. The normalized spacial score (nSPS) is 29.4. The van der Waals surface area contributed by atoms with Gasteiger partial charge in [-0.25, -0.2) is 0 Å². The molecule has 2 rings (SSSR count). The van der Waals surface area contributed by atoms with Crippen molar-refractivity contribution in [2.45, 2.75) is 25.5 Å². The number of rotatable bonds is 2. The number of amides is 1. The van der Waals surface area contributed by atoms with Gasteiger partial charge in [0.15, 0.2) is 0 Å². The number of carboxylic acid groups (broad SMARTS) is 1. The van der Waals surface area contributed by atoms with Gasteiger partial charge in [0.2, 0.25) is 5.91 Å². The molecular formula is C9H11N2NaO4. The maximum Gasteiger partial charge on any atom is 1.00 e. The van der Waals surface area contributed by atoms with Crippen LogP contribution in [0.5, 0.6) is 0 Å². The van der Waals surface area contributed by atoms with Gasteiger partial charge in [-0.05, 0) is 6.92 Å². The summed E-state index contributed by atoms with van der Waals surface area (Å²) in [4.78, 5) is 23.4. The Kier molecular flexibility index (Phi) is 3.69. The minimum absolute atomic E-state index is 0. The summed E-state index contributed by atoms with van der Waals surface area (Å²) in [5.74, 6) is -2.37. The molecule has 0 saturated carbocycles. The summed E-state index contributed by atoms with van der Waals surface area (Å²) in [6.07, 6.45) is -0.488. The number of aliphatic carboxylic acids is 1. The zero-order valence-corrected chi connectivity index (χ0v) is 11.1. The van der Waals surface area contributed by atoms with E-state index >= 15 is 0 Å². The van der Waals surface area contributed by atoms with Crippen molar-refractivity contribution >= 4 is 11.9 Å². The molecule has 2 aliphatic rings. The number of aliphatic hydroxyl groups excluding tert-OH is 1. The monoisotopic (exact) mass is 234 g/mol. The molecule has 3 N–H and O–H groups in total. The van der Waals surface area contributed by atoms with Gasteiger partial charge < -0.3 is 25.6 Å². The second kappa shape index (κ2) is 4.37. The number of carbonyl (C=O) groups excluding carboxylic acids is 2. The number of fused-ring (bicyclic) bond motifs is 1. The van der Waals surface area contributed by atoms with Crippen molar-refractivity contribution in [3.8, 4) is 0 Å². The van der Waals surface area contributed by atoms with Crippen LogP contribution < -0.4 is 40.4 Å². The van der Waals surface area contributed by atoms with Crippen LogP contribution in [0.25, 0.3) is 0 Å².